The zero-order valence-electron chi connectivity index (χ0n) is 9.08. The van der Waals surface area contributed by atoms with Crippen LogP contribution in [-0.4, -0.2) is 11.9 Å². The van der Waals surface area contributed by atoms with Gasteiger partial charge in [-0.2, -0.15) is 0 Å². The fourth-order valence-electron chi connectivity index (χ4n) is 2.42. The van der Waals surface area contributed by atoms with Gasteiger partial charge in [0.15, 0.2) is 0 Å². The molecule has 2 unspecified atom stereocenters. The second kappa shape index (κ2) is 5.02. The molecule has 0 aliphatic heterocycles. The molecule has 1 aliphatic rings. The van der Waals surface area contributed by atoms with Gasteiger partial charge in [-0.1, -0.05) is 40.5 Å². The maximum atomic E-state index is 5.42. The predicted octanol–water partition coefficient (Wildman–Crippen LogP) is 4.12. The van der Waals surface area contributed by atoms with Crippen LogP contribution in [0.2, 0.25) is 0 Å². The Hall–Kier alpha value is -0.500. The average Bonchev–Trinajstić information content (AvgIpc) is 2.29. The van der Waals surface area contributed by atoms with Gasteiger partial charge in [-0.15, -0.1) is 0 Å². The first kappa shape index (κ1) is 11.0. The Bertz CT molecular complexity index is 324. The van der Waals surface area contributed by atoms with Crippen molar-refractivity contribution in [2.75, 3.05) is 7.11 Å². The van der Waals surface area contributed by atoms with Crippen molar-refractivity contribution in [3.05, 3.63) is 29.8 Å². The first-order chi connectivity index (χ1) is 7.31. The van der Waals surface area contributed by atoms with E-state index in [1.165, 1.54) is 31.2 Å². The van der Waals surface area contributed by atoms with E-state index in [0.29, 0.717) is 10.7 Å². The Morgan fingerprint density at radius 3 is 2.80 bits per heavy atom. The number of hydrogen-bond acceptors (Lipinski definition) is 1. The number of para-hydroxylation sites is 1. The summed E-state index contributed by atoms with van der Waals surface area (Å²) in [4.78, 5) is 0.682. The minimum atomic E-state index is 0.666. The van der Waals surface area contributed by atoms with Gasteiger partial charge < -0.3 is 4.74 Å². The highest BCUT2D eigenvalue weighted by Crippen LogP contribution is 2.39. The molecule has 15 heavy (non-hydrogen) atoms. The van der Waals surface area contributed by atoms with Gasteiger partial charge in [0.1, 0.15) is 5.75 Å². The molecule has 0 bridgehead atoms. The zero-order chi connectivity index (χ0) is 10.7. The number of benzene rings is 1. The van der Waals surface area contributed by atoms with Gasteiger partial charge in [-0.05, 0) is 36.8 Å². The van der Waals surface area contributed by atoms with Gasteiger partial charge in [-0.25, -0.2) is 0 Å². The lowest BCUT2D eigenvalue weighted by Crippen LogP contribution is -2.14. The van der Waals surface area contributed by atoms with Crippen LogP contribution in [0.15, 0.2) is 24.3 Å². The van der Waals surface area contributed by atoms with Crippen molar-refractivity contribution in [3.63, 3.8) is 0 Å². The SMILES string of the molecule is COc1ccccc1C1CCCC(Br)C1. The summed E-state index contributed by atoms with van der Waals surface area (Å²) in [5, 5.41) is 0. The predicted molar refractivity (Wildman–Crippen MR) is 66.9 cm³/mol. The Morgan fingerprint density at radius 2 is 2.07 bits per heavy atom. The molecule has 0 radical (unpaired) electrons. The first-order valence-corrected chi connectivity index (χ1v) is 6.50. The monoisotopic (exact) mass is 268 g/mol. The van der Waals surface area contributed by atoms with Crippen molar-refractivity contribution in [1.82, 2.24) is 0 Å². The summed E-state index contributed by atoms with van der Waals surface area (Å²) in [6.45, 7) is 0. The van der Waals surface area contributed by atoms with E-state index in [2.05, 4.69) is 34.1 Å². The molecular formula is C13H17BrO. The molecular weight excluding hydrogens is 252 g/mol. The van der Waals surface area contributed by atoms with Crippen molar-refractivity contribution in [3.8, 4) is 5.75 Å². The van der Waals surface area contributed by atoms with Crippen LogP contribution < -0.4 is 4.74 Å². The third kappa shape index (κ3) is 2.54. The van der Waals surface area contributed by atoms with Crippen molar-refractivity contribution < 1.29 is 4.74 Å². The molecule has 1 aromatic rings. The Kier molecular flexibility index (Phi) is 3.68. The van der Waals surface area contributed by atoms with Crippen LogP contribution in [-0.2, 0) is 0 Å². The summed E-state index contributed by atoms with van der Waals surface area (Å²) in [6.07, 6.45) is 5.16. The summed E-state index contributed by atoms with van der Waals surface area (Å²) < 4.78 is 5.42. The molecule has 2 heteroatoms. The molecule has 0 saturated heterocycles. The Labute approximate surface area is 100.0 Å². The summed E-state index contributed by atoms with van der Waals surface area (Å²) in [5.41, 5.74) is 1.38. The van der Waals surface area contributed by atoms with Crippen molar-refractivity contribution in [1.29, 1.82) is 0 Å². The molecule has 2 atom stereocenters. The lowest BCUT2D eigenvalue weighted by molar-refractivity contribution is 0.390. The third-order valence-electron chi connectivity index (χ3n) is 3.19. The second-order valence-electron chi connectivity index (χ2n) is 4.20. The van der Waals surface area contributed by atoms with Crippen LogP contribution in [0.25, 0.3) is 0 Å². The van der Waals surface area contributed by atoms with E-state index in [1.54, 1.807) is 7.11 Å². The van der Waals surface area contributed by atoms with E-state index in [1.807, 2.05) is 6.07 Å². The number of alkyl halides is 1. The van der Waals surface area contributed by atoms with Crippen LogP contribution >= 0.6 is 15.9 Å². The molecule has 1 nitrogen and oxygen atoms in total. The molecule has 0 spiro atoms. The van der Waals surface area contributed by atoms with E-state index in [9.17, 15) is 0 Å². The summed E-state index contributed by atoms with van der Waals surface area (Å²) >= 11 is 3.73. The van der Waals surface area contributed by atoms with Gasteiger partial charge in [0.25, 0.3) is 0 Å². The van der Waals surface area contributed by atoms with Crippen LogP contribution in [0.3, 0.4) is 0 Å². The molecule has 0 aromatic heterocycles. The first-order valence-electron chi connectivity index (χ1n) is 5.58. The quantitative estimate of drug-likeness (QED) is 0.734. The fraction of sp³-hybridized carbons (Fsp3) is 0.538. The number of hydrogen-bond donors (Lipinski definition) is 0. The van der Waals surface area contributed by atoms with Crippen molar-refractivity contribution in [2.24, 2.45) is 0 Å². The van der Waals surface area contributed by atoms with Gasteiger partial charge >= 0.3 is 0 Å². The van der Waals surface area contributed by atoms with E-state index in [0.717, 1.165) is 5.75 Å². The topological polar surface area (TPSA) is 9.23 Å². The number of methoxy groups -OCH3 is 1. The number of halogens is 1. The summed E-state index contributed by atoms with van der Waals surface area (Å²) in [7, 11) is 1.76. The molecule has 0 heterocycles. The maximum absolute atomic E-state index is 5.42. The summed E-state index contributed by atoms with van der Waals surface area (Å²) in [5.74, 6) is 1.71. The van der Waals surface area contributed by atoms with E-state index in [-0.39, 0.29) is 0 Å². The molecule has 1 saturated carbocycles. The zero-order valence-corrected chi connectivity index (χ0v) is 10.7. The van der Waals surface area contributed by atoms with Gasteiger partial charge in [0.05, 0.1) is 7.11 Å². The smallest absolute Gasteiger partial charge is 0.122 e. The van der Waals surface area contributed by atoms with Gasteiger partial charge in [0.2, 0.25) is 0 Å². The minimum Gasteiger partial charge on any atom is -0.496 e. The van der Waals surface area contributed by atoms with E-state index >= 15 is 0 Å². The molecule has 0 N–H and O–H groups in total. The Morgan fingerprint density at radius 1 is 1.27 bits per heavy atom. The lowest BCUT2D eigenvalue weighted by atomic mass is 9.83. The van der Waals surface area contributed by atoms with E-state index in [4.69, 9.17) is 4.74 Å². The molecule has 1 aromatic carbocycles. The van der Waals surface area contributed by atoms with Crippen LogP contribution in [0.1, 0.15) is 37.2 Å². The normalized spacial score (nSPS) is 26.3. The number of ether oxygens (including phenoxy) is 1. The highest BCUT2D eigenvalue weighted by atomic mass is 79.9. The third-order valence-corrected chi connectivity index (χ3v) is 4.02. The lowest BCUT2D eigenvalue weighted by Gasteiger charge is -2.27. The highest BCUT2D eigenvalue weighted by Gasteiger charge is 2.23. The Balaban J connectivity index is 2.20. The minimum absolute atomic E-state index is 0.666. The molecule has 82 valence electrons. The maximum Gasteiger partial charge on any atom is 0.122 e. The number of rotatable bonds is 2. The summed E-state index contributed by atoms with van der Waals surface area (Å²) in [6, 6.07) is 8.41. The largest absolute Gasteiger partial charge is 0.496 e. The van der Waals surface area contributed by atoms with Crippen molar-refractivity contribution in [2.45, 2.75) is 36.4 Å². The van der Waals surface area contributed by atoms with Crippen LogP contribution in [0.5, 0.6) is 5.75 Å². The standard InChI is InChI=1S/C13H17BrO/c1-15-13-8-3-2-7-12(13)10-5-4-6-11(14)9-10/h2-3,7-8,10-11H,4-6,9H2,1H3. The second-order valence-corrected chi connectivity index (χ2v) is 5.50. The van der Waals surface area contributed by atoms with E-state index < -0.39 is 0 Å². The fourth-order valence-corrected chi connectivity index (χ4v) is 3.19. The molecule has 2 rings (SSSR count). The van der Waals surface area contributed by atoms with Gasteiger partial charge in [0, 0.05) is 4.83 Å². The molecule has 1 aliphatic carbocycles. The van der Waals surface area contributed by atoms with Crippen LogP contribution in [0, 0.1) is 0 Å². The highest BCUT2D eigenvalue weighted by molar-refractivity contribution is 9.09. The van der Waals surface area contributed by atoms with Crippen LogP contribution in [0.4, 0.5) is 0 Å². The molecule has 1 fully saturated rings. The average molecular weight is 269 g/mol. The van der Waals surface area contributed by atoms with Crippen molar-refractivity contribution >= 4 is 15.9 Å². The molecule has 0 amide bonds. The van der Waals surface area contributed by atoms with Gasteiger partial charge in [-0.3, -0.25) is 0 Å².